The number of nitrogens with zero attached hydrogens (tertiary/aromatic N) is 1. The number of carbonyl (C=O) groups excluding carboxylic acids is 1. The molecule has 0 bridgehead atoms. The van der Waals surface area contributed by atoms with Crippen LogP contribution in [-0.2, 0) is 9.53 Å². The summed E-state index contributed by atoms with van der Waals surface area (Å²) in [6.07, 6.45) is 4.01. The fraction of sp³-hybridized carbons (Fsp3) is 0.429. The largest absolute Gasteiger partial charge is 0.501 e. The van der Waals surface area contributed by atoms with Crippen LogP contribution in [-0.4, -0.2) is 25.1 Å². The first kappa shape index (κ1) is 6.99. The van der Waals surface area contributed by atoms with Gasteiger partial charge in [0.15, 0.2) is 0 Å². The molecule has 10 heavy (non-hydrogen) atoms. The van der Waals surface area contributed by atoms with E-state index in [2.05, 4.69) is 4.99 Å². The Bertz CT molecular complexity index is 184. The molecule has 0 aromatic heterocycles. The number of carbonyl (C=O) groups is 1. The normalized spacial score (nSPS) is 26.1. The molecule has 0 fully saturated rings. The number of aliphatic imine (C=N–C) groups is 1. The van der Waals surface area contributed by atoms with Crippen LogP contribution in [0.3, 0.4) is 0 Å². The van der Waals surface area contributed by atoms with Crippen molar-refractivity contribution < 1.29 is 9.53 Å². The van der Waals surface area contributed by atoms with Gasteiger partial charge in [-0.2, -0.15) is 0 Å². The number of aldehydes is 1. The van der Waals surface area contributed by atoms with Gasteiger partial charge in [-0.05, 0) is 6.92 Å². The molecule has 0 N–H and O–H groups in total. The molecule has 0 amide bonds. The highest BCUT2D eigenvalue weighted by Gasteiger charge is 2.17. The van der Waals surface area contributed by atoms with Gasteiger partial charge in [0.1, 0.15) is 12.3 Å². The molecule has 1 aliphatic heterocycles. The summed E-state index contributed by atoms with van der Waals surface area (Å²) in [4.78, 5) is 13.9. The molecular weight excluding hydrogens is 130 g/mol. The summed E-state index contributed by atoms with van der Waals surface area (Å²) in [6, 6.07) is -0.272. The lowest BCUT2D eigenvalue weighted by Crippen LogP contribution is -2.20. The molecule has 0 aliphatic carbocycles. The maximum Gasteiger partial charge on any atom is 0.149 e. The Morgan fingerprint density at radius 1 is 1.90 bits per heavy atom. The predicted octanol–water partition coefficient (Wildman–Crippen LogP) is 0.559. The third-order valence-corrected chi connectivity index (χ3v) is 1.24. The van der Waals surface area contributed by atoms with Gasteiger partial charge in [-0.1, -0.05) is 0 Å². The van der Waals surface area contributed by atoms with Crippen LogP contribution in [0, 0.1) is 0 Å². The predicted molar refractivity (Wildman–Crippen MR) is 38.1 cm³/mol. The minimum atomic E-state index is -0.272. The van der Waals surface area contributed by atoms with Gasteiger partial charge < -0.3 is 9.53 Å². The zero-order chi connectivity index (χ0) is 7.40. The van der Waals surface area contributed by atoms with E-state index in [4.69, 9.17) is 4.74 Å². The molecule has 1 heterocycles. The van der Waals surface area contributed by atoms with Crippen molar-refractivity contribution in [3.63, 3.8) is 0 Å². The molecule has 0 saturated carbocycles. The Balaban J connectivity index is 2.44. The van der Waals surface area contributed by atoms with Gasteiger partial charge in [-0.3, -0.25) is 4.99 Å². The van der Waals surface area contributed by atoms with Gasteiger partial charge in [-0.25, -0.2) is 0 Å². The van der Waals surface area contributed by atoms with E-state index in [1.165, 1.54) is 0 Å². The number of hydrogen-bond donors (Lipinski definition) is 0. The second-order valence-electron chi connectivity index (χ2n) is 1.93. The summed E-state index contributed by atoms with van der Waals surface area (Å²) < 4.78 is 4.96. The fourth-order valence-electron chi connectivity index (χ4n) is 0.640. The molecule has 3 nitrogen and oxygen atoms in total. The summed E-state index contributed by atoms with van der Waals surface area (Å²) in [5, 5.41) is 0. The highest BCUT2D eigenvalue weighted by atomic mass is 16.5. The molecule has 1 aliphatic rings. The average molecular weight is 139 g/mol. The first-order chi connectivity index (χ1) is 4.88. The molecular formula is C7H9NO2. The molecule has 1 rings (SSSR count). The minimum absolute atomic E-state index is 0.272. The van der Waals surface area contributed by atoms with Gasteiger partial charge in [0.25, 0.3) is 0 Å². The van der Waals surface area contributed by atoms with Gasteiger partial charge in [-0.15, -0.1) is 0 Å². The van der Waals surface area contributed by atoms with Gasteiger partial charge >= 0.3 is 0 Å². The van der Waals surface area contributed by atoms with Crippen LogP contribution in [0.15, 0.2) is 16.8 Å². The van der Waals surface area contributed by atoms with Crippen molar-refractivity contribution >= 4 is 12.5 Å². The van der Waals surface area contributed by atoms with Crippen molar-refractivity contribution in [1.82, 2.24) is 0 Å². The second-order valence-corrected chi connectivity index (χ2v) is 1.93. The van der Waals surface area contributed by atoms with Crippen LogP contribution in [0.5, 0.6) is 0 Å². The summed E-state index contributed by atoms with van der Waals surface area (Å²) in [5.74, 6) is 0. The van der Waals surface area contributed by atoms with Crippen molar-refractivity contribution in [2.75, 3.05) is 6.61 Å². The maximum atomic E-state index is 10.2. The van der Waals surface area contributed by atoms with Crippen molar-refractivity contribution in [2.24, 2.45) is 4.99 Å². The van der Waals surface area contributed by atoms with Crippen LogP contribution in [0.25, 0.3) is 0 Å². The average Bonchev–Trinajstić information content (AvgIpc) is 1.88. The van der Waals surface area contributed by atoms with E-state index in [-0.39, 0.29) is 6.04 Å². The van der Waals surface area contributed by atoms with Crippen LogP contribution >= 0.6 is 0 Å². The SMILES string of the molecule is CCOC=C1C=NC1C=O. The summed E-state index contributed by atoms with van der Waals surface area (Å²) in [6.45, 7) is 2.52. The highest BCUT2D eigenvalue weighted by molar-refractivity contribution is 5.94. The molecule has 0 spiro atoms. The first-order valence-electron chi connectivity index (χ1n) is 3.18. The Hall–Kier alpha value is -1.12. The molecule has 0 saturated heterocycles. The summed E-state index contributed by atoms with van der Waals surface area (Å²) >= 11 is 0. The maximum absolute atomic E-state index is 10.2. The number of rotatable bonds is 3. The molecule has 3 heteroatoms. The Morgan fingerprint density at radius 2 is 2.70 bits per heavy atom. The monoisotopic (exact) mass is 139 g/mol. The Morgan fingerprint density at radius 3 is 3.10 bits per heavy atom. The molecule has 1 atom stereocenters. The number of hydrogen-bond acceptors (Lipinski definition) is 3. The molecule has 54 valence electrons. The van der Waals surface area contributed by atoms with E-state index >= 15 is 0 Å². The zero-order valence-electron chi connectivity index (χ0n) is 5.78. The highest BCUT2D eigenvalue weighted by Crippen LogP contribution is 2.11. The molecule has 1 unspecified atom stereocenters. The van der Waals surface area contributed by atoms with E-state index in [0.29, 0.717) is 6.61 Å². The quantitative estimate of drug-likeness (QED) is 0.423. The lowest BCUT2D eigenvalue weighted by Gasteiger charge is -2.13. The van der Waals surface area contributed by atoms with Crippen molar-refractivity contribution in [2.45, 2.75) is 13.0 Å². The fourth-order valence-corrected chi connectivity index (χ4v) is 0.640. The first-order valence-corrected chi connectivity index (χ1v) is 3.18. The Labute approximate surface area is 59.4 Å². The van der Waals surface area contributed by atoms with E-state index in [1.807, 2.05) is 6.92 Å². The lowest BCUT2D eigenvalue weighted by molar-refractivity contribution is -0.108. The molecule has 0 aromatic rings. The van der Waals surface area contributed by atoms with E-state index in [0.717, 1.165) is 11.9 Å². The standard InChI is InChI=1S/C7H9NO2/c1-2-10-5-6-3-8-7(6)4-9/h3-5,7H,2H2,1H3. The summed E-state index contributed by atoms with van der Waals surface area (Å²) in [7, 11) is 0. The van der Waals surface area contributed by atoms with Crippen molar-refractivity contribution in [1.29, 1.82) is 0 Å². The van der Waals surface area contributed by atoms with Crippen LogP contribution in [0.1, 0.15) is 6.92 Å². The molecule has 0 radical (unpaired) electrons. The van der Waals surface area contributed by atoms with E-state index in [1.54, 1.807) is 12.5 Å². The minimum Gasteiger partial charge on any atom is -0.501 e. The smallest absolute Gasteiger partial charge is 0.149 e. The lowest BCUT2D eigenvalue weighted by atomic mass is 10.1. The third kappa shape index (κ3) is 1.23. The summed E-state index contributed by atoms with van der Waals surface area (Å²) in [5.41, 5.74) is 0.858. The Kier molecular flexibility index (Phi) is 2.20. The van der Waals surface area contributed by atoms with E-state index < -0.39 is 0 Å². The van der Waals surface area contributed by atoms with Crippen LogP contribution in [0.2, 0.25) is 0 Å². The molecule has 0 aromatic carbocycles. The topological polar surface area (TPSA) is 38.7 Å². The van der Waals surface area contributed by atoms with Crippen molar-refractivity contribution in [3.8, 4) is 0 Å². The van der Waals surface area contributed by atoms with E-state index in [9.17, 15) is 4.79 Å². The van der Waals surface area contributed by atoms with Gasteiger partial charge in [0, 0.05) is 11.8 Å². The zero-order valence-corrected chi connectivity index (χ0v) is 5.78. The van der Waals surface area contributed by atoms with Gasteiger partial charge in [0.05, 0.1) is 12.9 Å². The van der Waals surface area contributed by atoms with Gasteiger partial charge in [0.2, 0.25) is 0 Å². The van der Waals surface area contributed by atoms with Crippen LogP contribution < -0.4 is 0 Å². The van der Waals surface area contributed by atoms with Crippen molar-refractivity contribution in [3.05, 3.63) is 11.8 Å². The number of ether oxygens (including phenoxy) is 1. The second kappa shape index (κ2) is 3.15. The van der Waals surface area contributed by atoms with Crippen LogP contribution in [0.4, 0.5) is 0 Å². The third-order valence-electron chi connectivity index (χ3n) is 1.24.